The summed E-state index contributed by atoms with van der Waals surface area (Å²) in [6.07, 6.45) is 3.95. The molecule has 1 aromatic heterocycles. The van der Waals surface area contributed by atoms with Gasteiger partial charge in [-0.15, -0.1) is 24.0 Å². The zero-order chi connectivity index (χ0) is 21.5. The van der Waals surface area contributed by atoms with Crippen molar-refractivity contribution in [2.45, 2.75) is 53.0 Å². The third-order valence-corrected chi connectivity index (χ3v) is 6.30. The zero-order valence-electron chi connectivity index (χ0n) is 19.4. The number of carbonyl (C=O) groups excluding carboxylic acids is 1. The Labute approximate surface area is 203 Å². The van der Waals surface area contributed by atoms with Crippen LogP contribution in [0.25, 0.3) is 0 Å². The number of aromatic nitrogens is 1. The Morgan fingerprint density at radius 1 is 1.19 bits per heavy atom. The minimum Gasteiger partial charge on any atom is -0.469 e. The second-order valence-electron chi connectivity index (χ2n) is 8.45. The second-order valence-corrected chi connectivity index (χ2v) is 8.45. The molecule has 2 aliphatic heterocycles. The number of halogens is 1. The number of aryl methyl sites for hydroxylation is 2. The smallest absolute Gasteiger partial charge is 0.308 e. The summed E-state index contributed by atoms with van der Waals surface area (Å²) >= 11 is 0. The number of piperidine rings is 2. The number of nitrogens with zero attached hydrogens (tertiary/aromatic N) is 4. The highest BCUT2D eigenvalue weighted by atomic mass is 127. The van der Waals surface area contributed by atoms with Crippen molar-refractivity contribution in [2.24, 2.45) is 16.8 Å². The van der Waals surface area contributed by atoms with Crippen LogP contribution in [0.5, 0.6) is 0 Å². The van der Waals surface area contributed by atoms with Gasteiger partial charge >= 0.3 is 5.97 Å². The maximum Gasteiger partial charge on any atom is 0.308 e. The monoisotopic (exact) mass is 547 g/mol. The molecule has 0 aromatic carbocycles. The molecular weight excluding hydrogens is 509 g/mol. The fraction of sp³-hybridized carbons (Fsp3) is 0.773. The summed E-state index contributed by atoms with van der Waals surface area (Å²) in [6.45, 7) is 12.4. The first-order valence-electron chi connectivity index (χ1n) is 11.3. The van der Waals surface area contributed by atoms with Gasteiger partial charge in [-0.3, -0.25) is 14.7 Å². The summed E-state index contributed by atoms with van der Waals surface area (Å²) in [6, 6.07) is 0. The van der Waals surface area contributed by atoms with Gasteiger partial charge in [0.1, 0.15) is 5.76 Å². The van der Waals surface area contributed by atoms with Crippen LogP contribution in [-0.4, -0.2) is 73.1 Å². The van der Waals surface area contributed by atoms with E-state index in [0.29, 0.717) is 5.92 Å². The Morgan fingerprint density at radius 3 is 2.42 bits per heavy atom. The minimum absolute atomic E-state index is 0. The van der Waals surface area contributed by atoms with Gasteiger partial charge in [0.15, 0.2) is 5.96 Å². The van der Waals surface area contributed by atoms with E-state index in [0.717, 1.165) is 94.8 Å². The molecule has 0 bridgehead atoms. The predicted molar refractivity (Wildman–Crippen MR) is 132 cm³/mol. The van der Waals surface area contributed by atoms with Crippen molar-refractivity contribution in [2.75, 3.05) is 46.4 Å². The SMILES string of the molecule is CCNC(=NCC1CCN(Cc2nc(C)c(C)o2)CC1)N1CCC(C(=O)OC)CC1.I. The molecule has 3 rings (SSSR count). The molecule has 0 amide bonds. The van der Waals surface area contributed by atoms with Crippen LogP contribution in [-0.2, 0) is 16.1 Å². The fourth-order valence-corrected chi connectivity index (χ4v) is 4.26. The summed E-state index contributed by atoms with van der Waals surface area (Å²) in [5.41, 5.74) is 0.987. The van der Waals surface area contributed by atoms with Gasteiger partial charge in [0.05, 0.1) is 25.3 Å². The van der Waals surface area contributed by atoms with Crippen molar-refractivity contribution in [3.05, 3.63) is 17.3 Å². The standard InChI is InChI=1S/C22H37N5O3.HI/c1-5-23-22(27-12-8-19(9-13-27)21(28)29-4)24-14-18-6-10-26(11-7-18)15-20-25-16(2)17(3)30-20;/h18-19H,5-15H2,1-4H3,(H,23,24);1H. The predicted octanol–water partition coefficient (Wildman–Crippen LogP) is 2.97. The molecule has 0 unspecified atom stereocenters. The van der Waals surface area contributed by atoms with Crippen LogP contribution in [0, 0.1) is 25.7 Å². The number of guanidine groups is 1. The highest BCUT2D eigenvalue weighted by Crippen LogP contribution is 2.21. The van der Waals surface area contributed by atoms with Crippen LogP contribution in [0.4, 0.5) is 0 Å². The van der Waals surface area contributed by atoms with Crippen LogP contribution in [0.1, 0.15) is 50.0 Å². The number of methoxy groups -OCH3 is 1. The van der Waals surface area contributed by atoms with Crippen LogP contribution in [0.2, 0.25) is 0 Å². The molecule has 176 valence electrons. The number of hydrogen-bond acceptors (Lipinski definition) is 6. The topological polar surface area (TPSA) is 83.2 Å². The molecule has 1 N–H and O–H groups in total. The molecule has 9 heteroatoms. The van der Waals surface area contributed by atoms with Gasteiger partial charge in [-0.2, -0.15) is 0 Å². The number of rotatable bonds is 6. The van der Waals surface area contributed by atoms with E-state index in [2.05, 4.69) is 27.0 Å². The normalized spacial score (nSPS) is 19.2. The average molecular weight is 547 g/mol. The molecule has 0 radical (unpaired) electrons. The van der Waals surface area contributed by atoms with E-state index >= 15 is 0 Å². The molecule has 2 fully saturated rings. The molecule has 0 spiro atoms. The molecule has 2 aliphatic rings. The molecule has 31 heavy (non-hydrogen) atoms. The first-order valence-corrected chi connectivity index (χ1v) is 11.3. The number of carbonyl (C=O) groups is 1. The first-order chi connectivity index (χ1) is 14.5. The van der Waals surface area contributed by atoms with E-state index in [1.165, 1.54) is 7.11 Å². The van der Waals surface area contributed by atoms with Crippen LogP contribution >= 0.6 is 24.0 Å². The quantitative estimate of drug-likeness (QED) is 0.254. The highest BCUT2D eigenvalue weighted by Gasteiger charge is 2.27. The molecule has 0 saturated carbocycles. The summed E-state index contributed by atoms with van der Waals surface area (Å²) < 4.78 is 10.6. The lowest BCUT2D eigenvalue weighted by Crippen LogP contribution is -2.47. The Hall–Kier alpha value is -1.36. The highest BCUT2D eigenvalue weighted by molar-refractivity contribution is 14.0. The largest absolute Gasteiger partial charge is 0.469 e. The van der Waals surface area contributed by atoms with Gasteiger partial charge in [0.25, 0.3) is 0 Å². The van der Waals surface area contributed by atoms with Crippen molar-refractivity contribution in [1.82, 2.24) is 20.1 Å². The lowest BCUT2D eigenvalue weighted by atomic mass is 9.96. The lowest BCUT2D eigenvalue weighted by Gasteiger charge is -2.34. The summed E-state index contributed by atoms with van der Waals surface area (Å²) in [5.74, 6) is 3.27. The van der Waals surface area contributed by atoms with Crippen LogP contribution in [0.3, 0.4) is 0 Å². The average Bonchev–Trinajstić information content (AvgIpc) is 3.08. The van der Waals surface area contributed by atoms with Crippen molar-refractivity contribution in [3.8, 4) is 0 Å². The molecule has 3 heterocycles. The zero-order valence-corrected chi connectivity index (χ0v) is 21.7. The number of oxazole rings is 1. The van der Waals surface area contributed by atoms with E-state index < -0.39 is 0 Å². The number of esters is 1. The maximum absolute atomic E-state index is 11.8. The van der Waals surface area contributed by atoms with Gasteiger partial charge in [-0.1, -0.05) is 0 Å². The van der Waals surface area contributed by atoms with Crippen molar-refractivity contribution in [1.29, 1.82) is 0 Å². The number of aliphatic imine (C=N–C) groups is 1. The van der Waals surface area contributed by atoms with Crippen LogP contribution < -0.4 is 5.32 Å². The lowest BCUT2D eigenvalue weighted by molar-refractivity contribution is -0.146. The number of ether oxygens (including phenoxy) is 1. The Bertz CT molecular complexity index is 703. The van der Waals surface area contributed by atoms with Gasteiger partial charge in [0.2, 0.25) is 5.89 Å². The second kappa shape index (κ2) is 12.6. The van der Waals surface area contributed by atoms with Gasteiger partial charge in [0, 0.05) is 26.2 Å². The molecule has 1 aromatic rings. The van der Waals surface area contributed by atoms with E-state index in [9.17, 15) is 4.79 Å². The molecule has 8 nitrogen and oxygen atoms in total. The molecule has 0 aliphatic carbocycles. The van der Waals surface area contributed by atoms with Crippen LogP contribution in [0.15, 0.2) is 9.41 Å². The van der Waals surface area contributed by atoms with E-state index in [4.69, 9.17) is 14.1 Å². The summed E-state index contributed by atoms with van der Waals surface area (Å²) in [5, 5.41) is 3.43. The minimum atomic E-state index is -0.0848. The first kappa shape index (κ1) is 25.9. The molecule has 2 saturated heterocycles. The van der Waals surface area contributed by atoms with Gasteiger partial charge in [-0.05, 0) is 65.5 Å². The van der Waals surface area contributed by atoms with E-state index in [1.54, 1.807) is 0 Å². The number of likely N-dealkylation sites (tertiary alicyclic amines) is 2. The Morgan fingerprint density at radius 2 is 1.87 bits per heavy atom. The van der Waals surface area contributed by atoms with Crippen molar-refractivity contribution < 1.29 is 13.9 Å². The van der Waals surface area contributed by atoms with Gasteiger partial charge < -0.3 is 19.4 Å². The third kappa shape index (κ3) is 7.34. The fourth-order valence-electron chi connectivity index (χ4n) is 4.26. The van der Waals surface area contributed by atoms with Crippen molar-refractivity contribution in [3.63, 3.8) is 0 Å². The van der Waals surface area contributed by atoms with E-state index in [-0.39, 0.29) is 35.9 Å². The molecular formula is C22H38IN5O3. The molecule has 0 atom stereocenters. The summed E-state index contributed by atoms with van der Waals surface area (Å²) in [4.78, 5) is 25.9. The number of hydrogen-bond donors (Lipinski definition) is 1. The summed E-state index contributed by atoms with van der Waals surface area (Å²) in [7, 11) is 1.47. The van der Waals surface area contributed by atoms with Crippen molar-refractivity contribution >= 4 is 35.9 Å². The van der Waals surface area contributed by atoms with E-state index in [1.807, 2.05) is 13.8 Å². The number of nitrogens with one attached hydrogen (secondary N) is 1. The third-order valence-electron chi connectivity index (χ3n) is 6.30. The Kier molecular flexibility index (Phi) is 10.5. The maximum atomic E-state index is 11.8. The Balaban J connectivity index is 0.00000341. The van der Waals surface area contributed by atoms with Gasteiger partial charge in [-0.25, -0.2) is 4.98 Å².